The molecular formula is C31H50N8O13S. The molecule has 0 aromatic carbocycles. The molecule has 2 aliphatic heterocycles. The summed E-state index contributed by atoms with van der Waals surface area (Å²) in [7, 11) is 1.15. The van der Waals surface area contributed by atoms with E-state index in [2.05, 4.69) is 16.0 Å². The molecule has 7 atom stereocenters. The van der Waals surface area contributed by atoms with Crippen molar-refractivity contribution in [1.82, 2.24) is 20.9 Å². The Bertz CT molecular complexity index is 1450. The molecule has 14 N–H and O–H groups in total. The van der Waals surface area contributed by atoms with Crippen LogP contribution in [0.4, 0.5) is 0 Å². The summed E-state index contributed by atoms with van der Waals surface area (Å²) in [5.74, 6) is -8.34. The maximum atomic E-state index is 13.3. The Morgan fingerprint density at radius 3 is 2.21 bits per heavy atom. The Hall–Kier alpha value is -4.19. The van der Waals surface area contributed by atoms with E-state index in [0.29, 0.717) is 13.0 Å². The molecule has 2 unspecified atom stereocenters. The average molecular weight is 775 g/mol. The molecule has 0 aromatic rings. The van der Waals surface area contributed by atoms with Gasteiger partial charge in [-0.1, -0.05) is 13.8 Å². The molecule has 0 aromatic heterocycles. The van der Waals surface area contributed by atoms with E-state index in [1.54, 1.807) is 13.8 Å². The van der Waals surface area contributed by atoms with Gasteiger partial charge in [-0.2, -0.15) is 0 Å². The third kappa shape index (κ3) is 11.9. The number of carboxylic acids is 2. The predicted molar refractivity (Wildman–Crippen MR) is 185 cm³/mol. The highest BCUT2D eigenvalue weighted by Crippen LogP contribution is 2.46. The molecule has 0 radical (unpaired) electrons. The van der Waals surface area contributed by atoms with Gasteiger partial charge in [-0.05, 0) is 38.1 Å². The van der Waals surface area contributed by atoms with E-state index in [1.165, 1.54) is 0 Å². The van der Waals surface area contributed by atoms with Crippen LogP contribution in [0.2, 0.25) is 0 Å². The standard InChI is InChI=1S/C31H50N8O13S/c1-14(2)23(26(45)37-25(44)16(33)7-5-9-32)36-18(10-20(35)41)19(40)11-22(43)52-12-15-13-53-30-31(51-3,29(50)39(30)24(15)28(48)49)38-21(42)8-4-6-17(34)27(46)47/h14,16-19,23,30,36,40H,4-13,32-34H2,1-3H3,(H2,35,41)(H,38,42)(H,46,47)(H,48,49)(H,37,44,45)/t16-,17+,18?,19?,23-,30+,31-/m0/s1. The number of carbonyl (C=O) groups excluding carboxylic acids is 6. The van der Waals surface area contributed by atoms with Crippen LogP contribution in [-0.2, 0) is 47.8 Å². The fraction of sp³-hybridized carbons (Fsp3) is 0.677. The molecule has 21 nitrogen and oxygen atoms in total. The van der Waals surface area contributed by atoms with E-state index in [9.17, 15) is 48.6 Å². The lowest BCUT2D eigenvalue weighted by Gasteiger charge is -2.55. The number of methoxy groups -OCH3 is 1. The lowest BCUT2D eigenvalue weighted by Crippen LogP contribution is -2.80. The minimum Gasteiger partial charge on any atom is -0.480 e. The number of rotatable bonds is 23. The van der Waals surface area contributed by atoms with Crippen LogP contribution in [-0.4, -0.2) is 135 Å². The summed E-state index contributed by atoms with van der Waals surface area (Å²) in [6.07, 6.45) is -2.30. The number of amides is 5. The van der Waals surface area contributed by atoms with Crippen LogP contribution >= 0.6 is 11.8 Å². The quantitative estimate of drug-likeness (QED) is 0.0270. The Labute approximate surface area is 309 Å². The molecule has 22 heteroatoms. The number of hydrogen-bond acceptors (Lipinski definition) is 16. The molecule has 2 rings (SSSR count). The number of β-lactam (4-membered cyclic amide) rings is 1. The highest BCUT2D eigenvalue weighted by molar-refractivity contribution is 8.00. The summed E-state index contributed by atoms with van der Waals surface area (Å²) in [5, 5.41) is 36.3. The summed E-state index contributed by atoms with van der Waals surface area (Å²) in [6, 6.07) is -4.58. The van der Waals surface area contributed by atoms with Gasteiger partial charge in [-0.25, -0.2) is 4.79 Å². The zero-order valence-electron chi connectivity index (χ0n) is 29.7. The van der Waals surface area contributed by atoms with Crippen molar-refractivity contribution in [2.75, 3.05) is 26.0 Å². The SMILES string of the molecule is CO[C@@]1(NC(=O)CCC[C@@H](N)C(=O)O)C(=O)N2C(C(=O)O)=C(COC(=O)CC(O)C(CC(N)=O)N[C@H](C(=O)NC(=O)[C@@H](N)CCCN)C(C)C)CS[C@@H]21. The molecule has 2 aliphatic rings. The van der Waals surface area contributed by atoms with Crippen LogP contribution in [0.5, 0.6) is 0 Å². The minimum atomic E-state index is -1.92. The van der Waals surface area contributed by atoms with E-state index in [0.717, 1.165) is 23.8 Å². The Morgan fingerprint density at radius 1 is 1.02 bits per heavy atom. The van der Waals surface area contributed by atoms with Crippen molar-refractivity contribution in [3.05, 3.63) is 11.3 Å². The fourth-order valence-electron chi connectivity index (χ4n) is 5.55. The fourth-order valence-corrected chi connectivity index (χ4v) is 6.97. The van der Waals surface area contributed by atoms with Crippen LogP contribution < -0.4 is 38.9 Å². The molecule has 1 fully saturated rings. The smallest absolute Gasteiger partial charge is 0.352 e. The van der Waals surface area contributed by atoms with Crippen LogP contribution in [0.1, 0.15) is 58.8 Å². The van der Waals surface area contributed by atoms with Gasteiger partial charge >= 0.3 is 17.9 Å². The first-order valence-electron chi connectivity index (χ1n) is 16.7. The van der Waals surface area contributed by atoms with Gasteiger partial charge in [-0.15, -0.1) is 11.8 Å². The maximum absolute atomic E-state index is 13.3. The van der Waals surface area contributed by atoms with Crippen molar-refractivity contribution >= 4 is 59.2 Å². The topological polar surface area (TPSA) is 359 Å². The third-order valence-electron chi connectivity index (χ3n) is 8.51. The second-order valence-electron chi connectivity index (χ2n) is 12.9. The van der Waals surface area contributed by atoms with Gasteiger partial charge in [-0.3, -0.25) is 49.1 Å². The lowest BCUT2D eigenvalue weighted by molar-refractivity contribution is -0.192. The van der Waals surface area contributed by atoms with Gasteiger partial charge in [0.1, 0.15) is 23.7 Å². The van der Waals surface area contributed by atoms with Crippen molar-refractivity contribution in [2.45, 2.75) is 100 Å². The number of fused-ring (bicyclic) bond motifs is 1. The number of nitrogens with zero attached hydrogens (tertiary/aromatic N) is 1. The number of carbonyl (C=O) groups is 8. The second kappa shape index (κ2) is 20.3. The monoisotopic (exact) mass is 774 g/mol. The summed E-state index contributed by atoms with van der Waals surface area (Å²) in [4.78, 5) is 100. The van der Waals surface area contributed by atoms with Crippen molar-refractivity contribution in [1.29, 1.82) is 0 Å². The number of ether oxygens (including phenoxy) is 2. The van der Waals surface area contributed by atoms with Crippen LogP contribution in [0.3, 0.4) is 0 Å². The minimum absolute atomic E-state index is 0.00204. The molecule has 53 heavy (non-hydrogen) atoms. The number of aliphatic carboxylic acids is 2. The van der Waals surface area contributed by atoms with E-state index in [-0.39, 0.29) is 37.0 Å². The molecule has 2 heterocycles. The maximum Gasteiger partial charge on any atom is 0.352 e. The molecule has 0 bridgehead atoms. The average Bonchev–Trinajstić information content (AvgIpc) is 3.08. The molecule has 0 spiro atoms. The first-order valence-corrected chi connectivity index (χ1v) is 17.8. The zero-order chi connectivity index (χ0) is 40.2. The number of imide groups is 1. The largest absolute Gasteiger partial charge is 0.480 e. The molecular weight excluding hydrogens is 724 g/mol. The van der Waals surface area contributed by atoms with Gasteiger partial charge in [0.25, 0.3) is 11.6 Å². The highest BCUT2D eigenvalue weighted by atomic mass is 32.2. The summed E-state index contributed by atoms with van der Waals surface area (Å²) in [6.45, 7) is 2.95. The molecule has 1 saturated heterocycles. The number of aliphatic hydroxyl groups is 1. The summed E-state index contributed by atoms with van der Waals surface area (Å²) < 4.78 is 10.6. The van der Waals surface area contributed by atoms with Gasteiger partial charge < -0.3 is 53.0 Å². The number of esters is 1. The van der Waals surface area contributed by atoms with E-state index < -0.39 is 120 Å². The normalized spacial score (nSPS) is 21.0. The Balaban J connectivity index is 2.11. The lowest BCUT2D eigenvalue weighted by atomic mass is 9.97. The van der Waals surface area contributed by atoms with E-state index >= 15 is 0 Å². The number of primary amides is 1. The third-order valence-corrected chi connectivity index (χ3v) is 9.88. The van der Waals surface area contributed by atoms with Gasteiger partial charge in [0.05, 0.1) is 24.6 Å². The number of nitrogens with one attached hydrogen (secondary N) is 3. The molecule has 0 aliphatic carbocycles. The summed E-state index contributed by atoms with van der Waals surface area (Å²) >= 11 is 1.02. The predicted octanol–water partition coefficient (Wildman–Crippen LogP) is -3.86. The van der Waals surface area contributed by atoms with Crippen molar-refractivity contribution in [3.63, 3.8) is 0 Å². The summed E-state index contributed by atoms with van der Waals surface area (Å²) in [5.41, 5.74) is 19.7. The van der Waals surface area contributed by atoms with Crippen molar-refractivity contribution < 1.29 is 63.1 Å². The van der Waals surface area contributed by atoms with Crippen LogP contribution in [0.25, 0.3) is 0 Å². The molecule has 5 amide bonds. The zero-order valence-corrected chi connectivity index (χ0v) is 30.5. The number of nitrogens with two attached hydrogens (primary N) is 4. The van der Waals surface area contributed by atoms with Crippen LogP contribution in [0, 0.1) is 5.92 Å². The first-order chi connectivity index (χ1) is 24.8. The van der Waals surface area contributed by atoms with Gasteiger partial charge in [0.15, 0.2) is 0 Å². The van der Waals surface area contributed by atoms with Gasteiger partial charge in [0, 0.05) is 37.3 Å². The van der Waals surface area contributed by atoms with Crippen molar-refractivity contribution in [2.24, 2.45) is 28.9 Å². The number of carboxylic acid groups (broad SMARTS) is 2. The van der Waals surface area contributed by atoms with E-state index in [1.807, 2.05) is 0 Å². The first kappa shape index (κ1) is 45.0. The number of thioether (sulfide) groups is 1. The molecule has 0 saturated carbocycles. The number of hydrogen-bond donors (Lipinski definition) is 10. The highest BCUT2D eigenvalue weighted by Gasteiger charge is 2.66. The van der Waals surface area contributed by atoms with Crippen molar-refractivity contribution in [3.8, 4) is 0 Å². The van der Waals surface area contributed by atoms with Crippen LogP contribution in [0.15, 0.2) is 11.3 Å². The molecule has 298 valence electrons. The Morgan fingerprint density at radius 2 is 1.66 bits per heavy atom. The van der Waals surface area contributed by atoms with E-state index in [4.69, 9.17) is 37.5 Å². The number of aliphatic hydroxyl groups excluding tert-OH is 1. The Kier molecular flexibility index (Phi) is 17.2. The van der Waals surface area contributed by atoms with Gasteiger partial charge in [0.2, 0.25) is 23.6 Å². The second-order valence-corrected chi connectivity index (χ2v) is 14.0.